The molecular weight excluding hydrogens is 452 g/mol. The molecule has 178 valence electrons. The van der Waals surface area contributed by atoms with Gasteiger partial charge < -0.3 is 19.7 Å². The van der Waals surface area contributed by atoms with Gasteiger partial charge >= 0.3 is 0 Å². The Morgan fingerprint density at radius 3 is 2.37 bits per heavy atom. The van der Waals surface area contributed by atoms with Crippen molar-refractivity contribution >= 4 is 23.0 Å². The van der Waals surface area contributed by atoms with Gasteiger partial charge in [0.15, 0.2) is 5.11 Å². The molecule has 0 aliphatic carbocycles. The van der Waals surface area contributed by atoms with E-state index in [1.165, 1.54) is 28.2 Å². The summed E-state index contributed by atoms with van der Waals surface area (Å²) in [6, 6.07) is 21.1. The molecule has 1 N–H and O–H groups in total. The van der Waals surface area contributed by atoms with E-state index >= 15 is 0 Å². The molecule has 5 rings (SSSR count). The van der Waals surface area contributed by atoms with E-state index in [0.29, 0.717) is 6.54 Å². The lowest BCUT2D eigenvalue weighted by atomic mass is 9.96. The molecule has 7 heteroatoms. The van der Waals surface area contributed by atoms with Crippen molar-refractivity contribution in [3.63, 3.8) is 0 Å². The lowest BCUT2D eigenvalue weighted by Crippen LogP contribution is -2.29. The van der Waals surface area contributed by atoms with Gasteiger partial charge in [0.1, 0.15) is 0 Å². The molecule has 4 heterocycles. The van der Waals surface area contributed by atoms with Gasteiger partial charge in [-0.3, -0.25) is 9.97 Å². The van der Waals surface area contributed by atoms with Gasteiger partial charge in [-0.2, -0.15) is 0 Å². The third-order valence-electron chi connectivity index (χ3n) is 6.71. The van der Waals surface area contributed by atoms with Crippen LogP contribution in [-0.2, 0) is 6.54 Å². The number of aryl methyl sites for hydroxylation is 1. The van der Waals surface area contributed by atoms with Crippen molar-refractivity contribution in [3.8, 4) is 5.69 Å². The predicted molar refractivity (Wildman–Crippen MR) is 145 cm³/mol. The molecule has 1 aliphatic heterocycles. The van der Waals surface area contributed by atoms with Gasteiger partial charge in [-0.1, -0.05) is 6.07 Å². The molecule has 2 atom stereocenters. The zero-order chi connectivity index (χ0) is 24.5. The smallest absolute Gasteiger partial charge is 0.170 e. The third kappa shape index (κ3) is 4.39. The number of pyridine rings is 2. The third-order valence-corrected chi connectivity index (χ3v) is 7.07. The number of hydrogen-bond donors (Lipinski definition) is 1. The summed E-state index contributed by atoms with van der Waals surface area (Å²) in [6.45, 7) is 5.06. The first-order valence-electron chi connectivity index (χ1n) is 11.8. The normalized spacial score (nSPS) is 17.5. The molecule has 1 aliphatic rings. The second-order valence-corrected chi connectivity index (χ2v) is 9.57. The van der Waals surface area contributed by atoms with Crippen molar-refractivity contribution in [2.24, 2.45) is 0 Å². The predicted octanol–water partition coefficient (Wildman–Crippen LogP) is 5.12. The maximum atomic E-state index is 5.87. The van der Waals surface area contributed by atoms with E-state index in [2.05, 4.69) is 94.0 Å². The zero-order valence-electron chi connectivity index (χ0n) is 20.5. The molecule has 0 spiro atoms. The maximum Gasteiger partial charge on any atom is 0.170 e. The number of aromatic nitrogens is 3. The van der Waals surface area contributed by atoms with Crippen LogP contribution in [0, 0.1) is 13.8 Å². The van der Waals surface area contributed by atoms with Crippen molar-refractivity contribution in [1.29, 1.82) is 0 Å². The largest absolute Gasteiger partial charge is 0.378 e. The minimum absolute atomic E-state index is 0.00608. The molecule has 0 saturated carbocycles. The van der Waals surface area contributed by atoms with Gasteiger partial charge in [0.25, 0.3) is 0 Å². The zero-order valence-corrected chi connectivity index (χ0v) is 21.3. The fourth-order valence-electron chi connectivity index (χ4n) is 4.98. The monoisotopic (exact) mass is 482 g/mol. The molecule has 0 amide bonds. The number of hydrogen-bond acceptors (Lipinski definition) is 4. The molecule has 35 heavy (non-hydrogen) atoms. The summed E-state index contributed by atoms with van der Waals surface area (Å²) in [5, 5.41) is 4.31. The van der Waals surface area contributed by atoms with E-state index < -0.39 is 0 Å². The topological polar surface area (TPSA) is 49.2 Å². The first-order chi connectivity index (χ1) is 16.9. The lowest BCUT2D eigenvalue weighted by Gasteiger charge is -2.28. The highest BCUT2D eigenvalue weighted by atomic mass is 32.1. The van der Waals surface area contributed by atoms with Crippen molar-refractivity contribution in [2.75, 3.05) is 19.0 Å². The van der Waals surface area contributed by atoms with Gasteiger partial charge in [0, 0.05) is 62.0 Å². The second kappa shape index (κ2) is 9.50. The molecule has 0 unspecified atom stereocenters. The van der Waals surface area contributed by atoms with E-state index in [9.17, 15) is 0 Å². The van der Waals surface area contributed by atoms with Crippen molar-refractivity contribution < 1.29 is 0 Å². The maximum absolute atomic E-state index is 5.87. The van der Waals surface area contributed by atoms with Crippen LogP contribution >= 0.6 is 12.2 Å². The highest BCUT2D eigenvalue weighted by Gasteiger charge is 2.41. The first-order valence-corrected chi connectivity index (χ1v) is 12.2. The van der Waals surface area contributed by atoms with Crippen LogP contribution in [0.5, 0.6) is 0 Å². The Bertz CT molecular complexity index is 1320. The van der Waals surface area contributed by atoms with Crippen molar-refractivity contribution in [2.45, 2.75) is 32.5 Å². The van der Waals surface area contributed by atoms with E-state index in [0.717, 1.165) is 16.5 Å². The molecule has 0 radical (unpaired) electrons. The van der Waals surface area contributed by atoms with Crippen LogP contribution in [0.4, 0.5) is 5.69 Å². The van der Waals surface area contributed by atoms with E-state index in [-0.39, 0.29) is 12.1 Å². The molecule has 1 aromatic carbocycles. The molecule has 4 aromatic rings. The summed E-state index contributed by atoms with van der Waals surface area (Å²) in [4.78, 5) is 13.3. The summed E-state index contributed by atoms with van der Waals surface area (Å²) in [5.41, 5.74) is 8.13. The second-order valence-electron chi connectivity index (χ2n) is 9.18. The van der Waals surface area contributed by atoms with E-state index in [4.69, 9.17) is 12.2 Å². The molecule has 1 saturated heterocycles. The number of nitrogens with zero attached hydrogens (tertiary/aromatic N) is 5. The van der Waals surface area contributed by atoms with E-state index in [1.807, 2.05) is 42.9 Å². The van der Waals surface area contributed by atoms with Crippen LogP contribution in [-0.4, -0.2) is 38.6 Å². The highest BCUT2D eigenvalue weighted by molar-refractivity contribution is 7.80. The van der Waals surface area contributed by atoms with Crippen LogP contribution in [0.1, 0.15) is 40.3 Å². The summed E-state index contributed by atoms with van der Waals surface area (Å²) in [7, 11) is 4.12. The lowest BCUT2D eigenvalue weighted by molar-refractivity contribution is 0.310. The summed E-state index contributed by atoms with van der Waals surface area (Å²) in [6.07, 6.45) is 5.50. The number of thiocarbonyl (C=S) groups is 1. The Balaban J connectivity index is 1.59. The van der Waals surface area contributed by atoms with E-state index in [1.54, 1.807) is 0 Å². The fourth-order valence-corrected chi connectivity index (χ4v) is 5.29. The Labute approximate surface area is 212 Å². The van der Waals surface area contributed by atoms with Crippen LogP contribution in [0.2, 0.25) is 0 Å². The number of anilines is 1. The summed E-state index contributed by atoms with van der Waals surface area (Å²) in [5.74, 6) is 0. The van der Waals surface area contributed by atoms with Gasteiger partial charge in [0.05, 0.1) is 17.8 Å². The van der Waals surface area contributed by atoms with Crippen molar-refractivity contribution in [1.82, 2.24) is 24.8 Å². The van der Waals surface area contributed by atoms with Crippen LogP contribution < -0.4 is 10.2 Å². The molecule has 0 bridgehead atoms. The van der Waals surface area contributed by atoms with Crippen molar-refractivity contribution in [3.05, 3.63) is 107 Å². The SMILES string of the molecule is Cc1cc([C@@H]2[C@H](c3ccccn3)NC(=S)N2Cc2ccncc2)c(C)n1-c1ccc(N(C)C)cc1. The number of rotatable bonds is 6. The molecular formula is C28H30N6S. The van der Waals surface area contributed by atoms with Gasteiger partial charge in [0.2, 0.25) is 0 Å². The Morgan fingerprint density at radius 1 is 0.971 bits per heavy atom. The van der Waals surface area contributed by atoms with Crippen LogP contribution in [0.15, 0.2) is 79.3 Å². The number of benzene rings is 1. The molecule has 3 aromatic heterocycles. The van der Waals surface area contributed by atoms with Crippen LogP contribution in [0.3, 0.4) is 0 Å². The van der Waals surface area contributed by atoms with Gasteiger partial charge in [-0.05, 0) is 91.8 Å². The number of nitrogens with one attached hydrogen (secondary N) is 1. The molecule has 6 nitrogen and oxygen atoms in total. The average molecular weight is 483 g/mol. The van der Waals surface area contributed by atoms with Crippen LogP contribution in [0.25, 0.3) is 5.69 Å². The summed E-state index contributed by atoms with van der Waals surface area (Å²) < 4.78 is 2.33. The fraction of sp³-hybridized carbons (Fsp3) is 0.250. The first kappa shape index (κ1) is 23.1. The Hall–Kier alpha value is -3.71. The quantitative estimate of drug-likeness (QED) is 0.385. The summed E-state index contributed by atoms with van der Waals surface area (Å²) >= 11 is 5.87. The highest BCUT2D eigenvalue weighted by Crippen LogP contribution is 2.42. The molecule has 1 fully saturated rings. The standard InChI is InChI=1S/C28H30N6S/c1-19-17-24(20(2)34(19)23-10-8-22(9-11-23)32(3)4)27-26(25-7-5-6-14-30-25)31-28(35)33(27)18-21-12-15-29-16-13-21/h5-17,26-27H,18H2,1-4H3,(H,31,35)/t26-,27+/m0/s1. The minimum Gasteiger partial charge on any atom is -0.378 e. The Morgan fingerprint density at radius 2 is 1.71 bits per heavy atom. The van der Waals surface area contributed by atoms with Gasteiger partial charge in [-0.25, -0.2) is 0 Å². The minimum atomic E-state index is -0.0457. The average Bonchev–Trinajstić information content (AvgIpc) is 3.35. The van der Waals surface area contributed by atoms with Gasteiger partial charge in [-0.15, -0.1) is 0 Å². The Kier molecular flexibility index (Phi) is 6.26.